The van der Waals surface area contributed by atoms with Crippen LogP contribution in [0.3, 0.4) is 0 Å². The second-order valence-corrected chi connectivity index (χ2v) is 8.91. The summed E-state index contributed by atoms with van der Waals surface area (Å²) in [6.07, 6.45) is 1.01. The van der Waals surface area contributed by atoms with Crippen LogP contribution in [-0.2, 0) is 18.9 Å². The molecule has 4 nitrogen and oxygen atoms in total. The molecule has 0 aromatic heterocycles. The Balaban J connectivity index is 2.48. The van der Waals surface area contributed by atoms with Gasteiger partial charge in [-0.15, -0.1) is 0 Å². The number of hydrogen-bond donors (Lipinski definition) is 0. The lowest BCUT2D eigenvalue weighted by molar-refractivity contribution is 0.579. The lowest BCUT2D eigenvalue weighted by Gasteiger charge is -2.08. The zero-order valence-corrected chi connectivity index (χ0v) is 10.5. The zero-order chi connectivity index (χ0) is 11.7. The molecular weight excluding hydrogens is 260 g/mol. The third kappa shape index (κ3) is 4.99. The topological polar surface area (TPSA) is 68.3 Å². The minimum absolute atomic E-state index is 0.000849. The standard InChI is InChI=1S/C8H13ClO4S2/c1-7(5-15(9,12)13)4-8-2-3-14(10,11)6-8/h8H,1-6H2. The van der Waals surface area contributed by atoms with Crippen molar-refractivity contribution in [1.29, 1.82) is 0 Å². The van der Waals surface area contributed by atoms with Crippen LogP contribution in [0.25, 0.3) is 0 Å². The monoisotopic (exact) mass is 272 g/mol. The lowest BCUT2D eigenvalue weighted by Crippen LogP contribution is -2.08. The van der Waals surface area contributed by atoms with E-state index < -0.39 is 18.9 Å². The highest BCUT2D eigenvalue weighted by Crippen LogP contribution is 2.25. The van der Waals surface area contributed by atoms with Crippen molar-refractivity contribution in [2.24, 2.45) is 5.92 Å². The van der Waals surface area contributed by atoms with Crippen LogP contribution in [0, 0.1) is 5.92 Å². The highest BCUT2D eigenvalue weighted by Gasteiger charge is 2.28. The third-order valence-corrected chi connectivity index (χ3v) is 5.20. The van der Waals surface area contributed by atoms with E-state index in [1.54, 1.807) is 0 Å². The van der Waals surface area contributed by atoms with Crippen LogP contribution in [0.5, 0.6) is 0 Å². The maximum Gasteiger partial charge on any atom is 0.236 e. The van der Waals surface area contributed by atoms with Crippen molar-refractivity contribution in [1.82, 2.24) is 0 Å². The van der Waals surface area contributed by atoms with Crippen LogP contribution < -0.4 is 0 Å². The second-order valence-electron chi connectivity index (χ2n) is 3.91. The summed E-state index contributed by atoms with van der Waals surface area (Å²) in [5.41, 5.74) is 0.479. The van der Waals surface area contributed by atoms with E-state index in [9.17, 15) is 16.8 Å². The zero-order valence-electron chi connectivity index (χ0n) is 8.15. The summed E-state index contributed by atoms with van der Waals surface area (Å²) < 4.78 is 43.7. The van der Waals surface area contributed by atoms with Gasteiger partial charge in [-0.3, -0.25) is 0 Å². The van der Waals surface area contributed by atoms with Crippen molar-refractivity contribution in [3.05, 3.63) is 12.2 Å². The van der Waals surface area contributed by atoms with Crippen LogP contribution in [0.2, 0.25) is 0 Å². The molecule has 0 spiro atoms. The fraction of sp³-hybridized carbons (Fsp3) is 0.750. The van der Waals surface area contributed by atoms with E-state index in [4.69, 9.17) is 10.7 Å². The molecule has 0 amide bonds. The smallest absolute Gasteiger partial charge is 0.229 e. The van der Waals surface area contributed by atoms with Gasteiger partial charge in [0.25, 0.3) is 0 Å². The molecular formula is C8H13ClO4S2. The van der Waals surface area contributed by atoms with E-state index in [1.165, 1.54) is 0 Å². The van der Waals surface area contributed by atoms with E-state index in [0.717, 1.165) is 0 Å². The van der Waals surface area contributed by atoms with Crippen molar-refractivity contribution in [3.63, 3.8) is 0 Å². The SMILES string of the molecule is C=C(CC1CCS(=O)(=O)C1)CS(=O)(=O)Cl. The Morgan fingerprint density at radius 2 is 2.07 bits per heavy atom. The first kappa shape index (κ1) is 13.0. The summed E-state index contributed by atoms with van der Waals surface area (Å²) in [5.74, 6) is 0.0544. The van der Waals surface area contributed by atoms with E-state index in [-0.39, 0.29) is 23.2 Å². The van der Waals surface area contributed by atoms with E-state index in [1.807, 2.05) is 0 Å². The molecule has 88 valence electrons. The minimum Gasteiger partial charge on any atom is -0.229 e. The first-order valence-electron chi connectivity index (χ1n) is 4.47. The molecule has 0 bridgehead atoms. The lowest BCUT2D eigenvalue weighted by atomic mass is 10.0. The van der Waals surface area contributed by atoms with Gasteiger partial charge in [-0.1, -0.05) is 12.2 Å². The highest BCUT2D eigenvalue weighted by molar-refractivity contribution is 8.13. The molecule has 7 heteroatoms. The Morgan fingerprint density at radius 1 is 1.47 bits per heavy atom. The number of rotatable bonds is 4. The van der Waals surface area contributed by atoms with Gasteiger partial charge in [-0.2, -0.15) is 0 Å². The molecule has 0 aliphatic carbocycles. The first-order valence-corrected chi connectivity index (χ1v) is 8.77. The quantitative estimate of drug-likeness (QED) is 0.564. The molecule has 1 heterocycles. The molecule has 1 aliphatic heterocycles. The van der Waals surface area contributed by atoms with Gasteiger partial charge in [-0.25, -0.2) is 16.8 Å². The van der Waals surface area contributed by atoms with Crippen LogP contribution in [0.15, 0.2) is 12.2 Å². The Bertz CT molecular complexity index is 449. The minimum atomic E-state index is -3.57. The number of hydrogen-bond acceptors (Lipinski definition) is 4. The molecule has 1 fully saturated rings. The first-order chi connectivity index (χ1) is 6.68. The van der Waals surface area contributed by atoms with E-state index >= 15 is 0 Å². The van der Waals surface area contributed by atoms with Crippen molar-refractivity contribution < 1.29 is 16.8 Å². The van der Waals surface area contributed by atoms with Crippen LogP contribution in [0.1, 0.15) is 12.8 Å². The molecule has 1 aliphatic rings. The molecule has 0 N–H and O–H groups in total. The predicted molar refractivity (Wildman–Crippen MR) is 60.2 cm³/mol. The molecule has 15 heavy (non-hydrogen) atoms. The molecule has 1 rings (SSSR count). The molecule has 0 aromatic rings. The Kier molecular flexibility index (Phi) is 3.84. The van der Waals surface area contributed by atoms with Gasteiger partial charge in [0.15, 0.2) is 9.84 Å². The number of halogens is 1. The largest absolute Gasteiger partial charge is 0.236 e. The van der Waals surface area contributed by atoms with Gasteiger partial charge in [0.05, 0.1) is 17.3 Å². The van der Waals surface area contributed by atoms with E-state index in [2.05, 4.69) is 6.58 Å². The fourth-order valence-corrected chi connectivity index (χ4v) is 4.67. The van der Waals surface area contributed by atoms with Crippen LogP contribution in [0.4, 0.5) is 0 Å². The molecule has 0 aromatic carbocycles. The van der Waals surface area contributed by atoms with Gasteiger partial charge < -0.3 is 0 Å². The predicted octanol–water partition coefficient (Wildman–Crippen LogP) is 0.936. The van der Waals surface area contributed by atoms with Crippen molar-refractivity contribution in [2.75, 3.05) is 17.3 Å². The normalized spacial score (nSPS) is 25.3. The Morgan fingerprint density at radius 3 is 2.47 bits per heavy atom. The maximum absolute atomic E-state index is 11.1. The molecule has 1 atom stereocenters. The highest BCUT2D eigenvalue weighted by atomic mass is 35.7. The van der Waals surface area contributed by atoms with Crippen molar-refractivity contribution in [3.8, 4) is 0 Å². The van der Waals surface area contributed by atoms with E-state index in [0.29, 0.717) is 18.4 Å². The van der Waals surface area contributed by atoms with Crippen molar-refractivity contribution in [2.45, 2.75) is 12.8 Å². The summed E-state index contributed by atoms with van der Waals surface area (Å²) in [5, 5.41) is 0. The molecule has 1 unspecified atom stereocenters. The molecule has 1 saturated heterocycles. The maximum atomic E-state index is 11.1. The fourth-order valence-electron chi connectivity index (χ4n) is 1.74. The summed E-state index contributed by atoms with van der Waals surface area (Å²) in [7, 11) is -1.42. The van der Waals surface area contributed by atoms with Gasteiger partial charge in [0.2, 0.25) is 9.05 Å². The van der Waals surface area contributed by atoms with Gasteiger partial charge in [0, 0.05) is 10.7 Å². The average molecular weight is 273 g/mol. The molecule has 0 saturated carbocycles. The summed E-state index contributed by atoms with van der Waals surface area (Å²) in [4.78, 5) is 0. The summed E-state index contributed by atoms with van der Waals surface area (Å²) >= 11 is 0. The van der Waals surface area contributed by atoms with Gasteiger partial charge in [-0.05, 0) is 18.8 Å². The third-order valence-electron chi connectivity index (χ3n) is 2.28. The molecule has 0 radical (unpaired) electrons. The second kappa shape index (κ2) is 4.43. The van der Waals surface area contributed by atoms with Crippen molar-refractivity contribution >= 4 is 29.6 Å². The average Bonchev–Trinajstić information content (AvgIpc) is 2.25. The summed E-state index contributed by atoms with van der Waals surface area (Å²) in [6.45, 7) is 3.59. The van der Waals surface area contributed by atoms with Gasteiger partial charge >= 0.3 is 0 Å². The Labute approximate surface area is 94.7 Å². The van der Waals surface area contributed by atoms with Crippen LogP contribution >= 0.6 is 10.7 Å². The van der Waals surface area contributed by atoms with Crippen LogP contribution in [-0.4, -0.2) is 34.1 Å². The Hall–Kier alpha value is -0.0700. The number of sulfone groups is 1. The van der Waals surface area contributed by atoms with Gasteiger partial charge in [0.1, 0.15) is 0 Å². The summed E-state index contributed by atoms with van der Waals surface area (Å²) in [6, 6.07) is 0.